The van der Waals surface area contributed by atoms with Gasteiger partial charge in [-0.15, -0.1) is 11.8 Å². The number of aromatic nitrogens is 2. The predicted octanol–water partition coefficient (Wildman–Crippen LogP) is 3.47. The maximum atomic E-state index is 12.7. The highest BCUT2D eigenvalue weighted by atomic mass is 32.2. The summed E-state index contributed by atoms with van der Waals surface area (Å²) in [5.41, 5.74) is 2.53. The standard InChI is InChI=1S/C21H24N4O2S/c1-3-20(26)22-12-11-19-24-17-9-4-5-10-18(17)25(19)14-21(27)23-15-7-6-8-16(13-15)28-2/h4-10,13H,3,11-12,14H2,1-2H3,(H,22,26)(H,23,27). The van der Waals surface area contributed by atoms with E-state index >= 15 is 0 Å². The topological polar surface area (TPSA) is 76.0 Å². The monoisotopic (exact) mass is 396 g/mol. The summed E-state index contributed by atoms with van der Waals surface area (Å²) in [6.07, 6.45) is 3.02. The highest BCUT2D eigenvalue weighted by Crippen LogP contribution is 2.20. The molecule has 3 aromatic rings. The summed E-state index contributed by atoms with van der Waals surface area (Å²) >= 11 is 1.63. The highest BCUT2D eigenvalue weighted by Gasteiger charge is 2.14. The van der Waals surface area contributed by atoms with E-state index in [2.05, 4.69) is 15.6 Å². The Labute approximate surface area is 168 Å². The molecule has 6 nitrogen and oxygen atoms in total. The lowest BCUT2D eigenvalue weighted by molar-refractivity contribution is -0.120. The Morgan fingerprint density at radius 3 is 2.71 bits per heavy atom. The minimum Gasteiger partial charge on any atom is -0.356 e. The third-order valence-electron chi connectivity index (χ3n) is 4.38. The molecular formula is C21H24N4O2S. The lowest BCUT2D eigenvalue weighted by Gasteiger charge is -2.11. The van der Waals surface area contributed by atoms with Crippen LogP contribution in [0.1, 0.15) is 19.2 Å². The van der Waals surface area contributed by atoms with Gasteiger partial charge in [-0.3, -0.25) is 9.59 Å². The molecule has 0 saturated carbocycles. The van der Waals surface area contributed by atoms with Crippen LogP contribution in [0.2, 0.25) is 0 Å². The van der Waals surface area contributed by atoms with Gasteiger partial charge in [0.05, 0.1) is 11.0 Å². The van der Waals surface area contributed by atoms with Crippen LogP contribution in [-0.2, 0) is 22.6 Å². The first-order chi connectivity index (χ1) is 13.6. The van der Waals surface area contributed by atoms with Crippen LogP contribution in [0, 0.1) is 0 Å². The van der Waals surface area contributed by atoms with E-state index in [-0.39, 0.29) is 18.4 Å². The number of benzene rings is 2. The van der Waals surface area contributed by atoms with Crippen LogP contribution in [0.4, 0.5) is 5.69 Å². The van der Waals surface area contributed by atoms with Crippen molar-refractivity contribution in [3.63, 3.8) is 0 Å². The molecule has 1 aromatic heterocycles. The van der Waals surface area contributed by atoms with E-state index in [0.29, 0.717) is 19.4 Å². The first-order valence-corrected chi connectivity index (χ1v) is 10.5. The number of hydrogen-bond donors (Lipinski definition) is 2. The van der Waals surface area contributed by atoms with Gasteiger partial charge in [-0.1, -0.05) is 25.1 Å². The Bertz CT molecular complexity index is 983. The average molecular weight is 397 g/mol. The van der Waals surface area contributed by atoms with Gasteiger partial charge < -0.3 is 15.2 Å². The zero-order valence-electron chi connectivity index (χ0n) is 16.1. The molecule has 7 heteroatoms. The fraction of sp³-hybridized carbons (Fsp3) is 0.286. The molecule has 0 atom stereocenters. The lowest BCUT2D eigenvalue weighted by atomic mass is 10.3. The Balaban J connectivity index is 1.77. The molecule has 2 aromatic carbocycles. The molecule has 0 fully saturated rings. The zero-order chi connectivity index (χ0) is 19.9. The summed E-state index contributed by atoms with van der Waals surface area (Å²) in [5.74, 6) is 0.681. The number of imidazole rings is 1. The molecule has 0 spiro atoms. The van der Waals surface area contributed by atoms with Crippen molar-refractivity contribution in [1.29, 1.82) is 0 Å². The van der Waals surface area contributed by atoms with Crippen LogP contribution in [0.15, 0.2) is 53.4 Å². The second-order valence-corrected chi connectivity index (χ2v) is 7.22. The zero-order valence-corrected chi connectivity index (χ0v) is 16.9. The van der Waals surface area contributed by atoms with Gasteiger partial charge in [0.1, 0.15) is 12.4 Å². The number of rotatable bonds is 8. The van der Waals surface area contributed by atoms with Crippen LogP contribution >= 0.6 is 11.8 Å². The second kappa shape index (κ2) is 9.41. The normalized spacial score (nSPS) is 10.8. The van der Waals surface area contributed by atoms with Gasteiger partial charge >= 0.3 is 0 Å². The average Bonchev–Trinajstić information content (AvgIpc) is 3.05. The summed E-state index contributed by atoms with van der Waals surface area (Å²) in [6.45, 7) is 2.48. The number of anilines is 1. The van der Waals surface area contributed by atoms with Crippen molar-refractivity contribution >= 4 is 40.3 Å². The van der Waals surface area contributed by atoms with Gasteiger partial charge in [0.15, 0.2) is 0 Å². The molecule has 2 N–H and O–H groups in total. The maximum Gasteiger partial charge on any atom is 0.244 e. The molecule has 3 rings (SSSR count). The number of fused-ring (bicyclic) bond motifs is 1. The van der Waals surface area contributed by atoms with Crippen LogP contribution in [-0.4, -0.2) is 34.2 Å². The van der Waals surface area contributed by atoms with E-state index in [1.54, 1.807) is 11.8 Å². The summed E-state index contributed by atoms with van der Waals surface area (Å²) in [5, 5.41) is 5.82. The molecular weight excluding hydrogens is 372 g/mol. The molecule has 1 heterocycles. The molecule has 0 bridgehead atoms. The fourth-order valence-electron chi connectivity index (χ4n) is 2.98. The fourth-order valence-corrected chi connectivity index (χ4v) is 3.44. The van der Waals surface area contributed by atoms with Crippen molar-refractivity contribution < 1.29 is 9.59 Å². The number of thioether (sulfide) groups is 1. The minimum atomic E-state index is -0.111. The molecule has 0 aliphatic heterocycles. The van der Waals surface area contributed by atoms with Crippen molar-refractivity contribution in [1.82, 2.24) is 14.9 Å². The molecule has 0 aliphatic carbocycles. The Kier molecular flexibility index (Phi) is 6.71. The molecule has 0 aliphatic rings. The third kappa shape index (κ3) is 4.92. The maximum absolute atomic E-state index is 12.7. The first-order valence-electron chi connectivity index (χ1n) is 9.25. The second-order valence-electron chi connectivity index (χ2n) is 6.34. The van der Waals surface area contributed by atoms with Crippen molar-refractivity contribution in [2.45, 2.75) is 31.2 Å². The van der Waals surface area contributed by atoms with E-state index in [1.807, 2.05) is 66.3 Å². The van der Waals surface area contributed by atoms with Gasteiger partial charge in [-0.2, -0.15) is 0 Å². The van der Waals surface area contributed by atoms with E-state index in [0.717, 1.165) is 27.4 Å². The number of amides is 2. The number of nitrogens with zero attached hydrogens (tertiary/aromatic N) is 2. The number of para-hydroxylation sites is 2. The van der Waals surface area contributed by atoms with Crippen LogP contribution in [0.25, 0.3) is 11.0 Å². The SMILES string of the molecule is CCC(=O)NCCc1nc2ccccc2n1CC(=O)Nc1cccc(SC)c1. The largest absolute Gasteiger partial charge is 0.356 e. The molecule has 0 saturated heterocycles. The Morgan fingerprint density at radius 1 is 1.11 bits per heavy atom. The first kappa shape index (κ1) is 19.9. The third-order valence-corrected chi connectivity index (χ3v) is 5.11. The summed E-state index contributed by atoms with van der Waals surface area (Å²) in [4.78, 5) is 29.9. The van der Waals surface area contributed by atoms with Crippen LogP contribution < -0.4 is 10.6 Å². The number of carbonyl (C=O) groups is 2. The predicted molar refractivity (Wildman–Crippen MR) is 114 cm³/mol. The van der Waals surface area contributed by atoms with E-state index in [4.69, 9.17) is 0 Å². The number of hydrogen-bond acceptors (Lipinski definition) is 4. The number of carbonyl (C=O) groups excluding carboxylic acids is 2. The summed E-state index contributed by atoms with van der Waals surface area (Å²) in [6, 6.07) is 15.5. The number of nitrogens with one attached hydrogen (secondary N) is 2. The minimum absolute atomic E-state index is 0.00841. The molecule has 146 valence electrons. The van der Waals surface area contributed by atoms with Gasteiger partial charge in [-0.25, -0.2) is 4.98 Å². The smallest absolute Gasteiger partial charge is 0.244 e. The van der Waals surface area contributed by atoms with Gasteiger partial charge in [0, 0.05) is 30.0 Å². The Hall–Kier alpha value is -2.80. The van der Waals surface area contributed by atoms with Crippen molar-refractivity contribution in [3.8, 4) is 0 Å². The molecule has 0 radical (unpaired) electrons. The summed E-state index contributed by atoms with van der Waals surface area (Å²) in [7, 11) is 0. The van der Waals surface area contributed by atoms with Crippen LogP contribution in [0.3, 0.4) is 0 Å². The molecule has 0 unspecified atom stereocenters. The molecule has 28 heavy (non-hydrogen) atoms. The van der Waals surface area contributed by atoms with Crippen LogP contribution in [0.5, 0.6) is 0 Å². The van der Waals surface area contributed by atoms with Gasteiger partial charge in [0.2, 0.25) is 11.8 Å². The molecule has 2 amide bonds. The quantitative estimate of drug-likeness (QED) is 0.572. The van der Waals surface area contributed by atoms with Crippen molar-refractivity contribution in [3.05, 3.63) is 54.4 Å². The lowest BCUT2D eigenvalue weighted by Crippen LogP contribution is -2.26. The van der Waals surface area contributed by atoms with E-state index in [9.17, 15) is 9.59 Å². The van der Waals surface area contributed by atoms with Crippen molar-refractivity contribution in [2.75, 3.05) is 18.1 Å². The van der Waals surface area contributed by atoms with Gasteiger partial charge in [0.25, 0.3) is 0 Å². The van der Waals surface area contributed by atoms with Crippen molar-refractivity contribution in [2.24, 2.45) is 0 Å². The Morgan fingerprint density at radius 2 is 1.93 bits per heavy atom. The highest BCUT2D eigenvalue weighted by molar-refractivity contribution is 7.98. The van der Waals surface area contributed by atoms with Gasteiger partial charge in [-0.05, 0) is 36.6 Å². The summed E-state index contributed by atoms with van der Waals surface area (Å²) < 4.78 is 1.92. The van der Waals surface area contributed by atoms with E-state index in [1.165, 1.54) is 0 Å². The van der Waals surface area contributed by atoms with E-state index < -0.39 is 0 Å².